The third-order valence-electron chi connectivity index (χ3n) is 4.32. The molecule has 1 N–H and O–H groups in total. The Balaban J connectivity index is 1.45. The second-order valence-corrected chi connectivity index (χ2v) is 7.33. The standard InChI is InChI=1S/C20H18F2N4O3/c1-20(2)11-26-17(25-20)9-18(24-19(26)27)28-10-12-3-4-15(14(21)7-12)29-13-5-6-23-16(22)8-13/h3-9,25H,10-11H2,1-2H3. The van der Waals surface area contributed by atoms with Crippen LogP contribution in [0.2, 0.25) is 0 Å². The molecular weight excluding hydrogens is 382 g/mol. The van der Waals surface area contributed by atoms with Gasteiger partial charge in [-0.1, -0.05) is 6.07 Å². The maximum absolute atomic E-state index is 14.3. The van der Waals surface area contributed by atoms with Crippen LogP contribution in [0.15, 0.2) is 47.4 Å². The lowest BCUT2D eigenvalue weighted by atomic mass is 10.1. The molecule has 29 heavy (non-hydrogen) atoms. The summed E-state index contributed by atoms with van der Waals surface area (Å²) in [5.74, 6) is -0.487. The van der Waals surface area contributed by atoms with E-state index >= 15 is 0 Å². The summed E-state index contributed by atoms with van der Waals surface area (Å²) in [6.45, 7) is 4.49. The van der Waals surface area contributed by atoms with Crippen LogP contribution in [0.25, 0.3) is 0 Å². The number of rotatable bonds is 5. The van der Waals surface area contributed by atoms with Gasteiger partial charge in [0.2, 0.25) is 11.8 Å². The summed E-state index contributed by atoms with van der Waals surface area (Å²) in [4.78, 5) is 19.5. The maximum atomic E-state index is 14.3. The zero-order valence-electron chi connectivity index (χ0n) is 15.8. The maximum Gasteiger partial charge on any atom is 0.352 e. The van der Waals surface area contributed by atoms with Crippen molar-refractivity contribution in [1.82, 2.24) is 14.5 Å². The minimum Gasteiger partial charge on any atom is -0.473 e. The first-order valence-electron chi connectivity index (χ1n) is 8.90. The van der Waals surface area contributed by atoms with Crippen LogP contribution in [0.3, 0.4) is 0 Å². The van der Waals surface area contributed by atoms with E-state index in [0.717, 1.165) is 6.07 Å². The molecule has 9 heteroatoms. The summed E-state index contributed by atoms with van der Waals surface area (Å²) >= 11 is 0. The molecule has 2 aromatic heterocycles. The fourth-order valence-electron chi connectivity index (χ4n) is 3.05. The van der Waals surface area contributed by atoms with E-state index in [1.807, 2.05) is 13.8 Å². The second-order valence-electron chi connectivity index (χ2n) is 7.33. The fourth-order valence-corrected chi connectivity index (χ4v) is 3.05. The zero-order chi connectivity index (χ0) is 20.6. The number of hydrogen-bond acceptors (Lipinski definition) is 6. The average molecular weight is 400 g/mol. The van der Waals surface area contributed by atoms with Gasteiger partial charge < -0.3 is 14.8 Å². The fraction of sp³-hybridized carbons (Fsp3) is 0.250. The molecular formula is C20H18F2N4O3. The van der Waals surface area contributed by atoms with E-state index in [1.54, 1.807) is 16.7 Å². The minimum absolute atomic E-state index is 0.0143. The van der Waals surface area contributed by atoms with Crippen LogP contribution in [0.5, 0.6) is 17.4 Å². The van der Waals surface area contributed by atoms with E-state index < -0.39 is 17.5 Å². The molecule has 0 spiro atoms. The number of nitrogens with zero attached hydrogens (tertiary/aromatic N) is 3. The third-order valence-corrected chi connectivity index (χ3v) is 4.32. The van der Waals surface area contributed by atoms with Crippen LogP contribution >= 0.6 is 0 Å². The summed E-state index contributed by atoms with van der Waals surface area (Å²) in [6, 6.07) is 8.39. The van der Waals surface area contributed by atoms with Crippen molar-refractivity contribution < 1.29 is 18.3 Å². The predicted octanol–water partition coefficient (Wildman–Crippen LogP) is 3.49. The van der Waals surface area contributed by atoms with E-state index in [9.17, 15) is 13.6 Å². The van der Waals surface area contributed by atoms with E-state index in [1.165, 1.54) is 24.4 Å². The number of pyridine rings is 1. The lowest BCUT2D eigenvalue weighted by Gasteiger charge is -2.16. The van der Waals surface area contributed by atoms with Crippen molar-refractivity contribution in [3.63, 3.8) is 0 Å². The van der Waals surface area contributed by atoms with Gasteiger partial charge >= 0.3 is 5.69 Å². The van der Waals surface area contributed by atoms with Crippen LogP contribution in [-0.4, -0.2) is 20.1 Å². The molecule has 0 saturated heterocycles. The number of anilines is 1. The number of halogens is 2. The Labute approximate surface area is 165 Å². The molecule has 0 atom stereocenters. The van der Waals surface area contributed by atoms with Crippen molar-refractivity contribution in [2.75, 3.05) is 5.32 Å². The summed E-state index contributed by atoms with van der Waals surface area (Å²) in [6.07, 6.45) is 1.23. The number of benzene rings is 1. The van der Waals surface area contributed by atoms with Crippen LogP contribution in [0, 0.1) is 11.8 Å². The molecule has 3 aromatic rings. The average Bonchev–Trinajstić information content (AvgIpc) is 2.97. The van der Waals surface area contributed by atoms with Crippen molar-refractivity contribution in [2.24, 2.45) is 0 Å². The molecule has 7 nitrogen and oxygen atoms in total. The van der Waals surface area contributed by atoms with Crippen molar-refractivity contribution in [3.05, 3.63) is 70.4 Å². The Bertz CT molecular complexity index is 1130. The summed E-state index contributed by atoms with van der Waals surface area (Å²) in [5.41, 5.74) is -0.134. The van der Waals surface area contributed by atoms with Gasteiger partial charge in [-0.15, -0.1) is 0 Å². The van der Waals surface area contributed by atoms with Gasteiger partial charge in [-0.05, 0) is 37.6 Å². The van der Waals surface area contributed by atoms with E-state index in [0.29, 0.717) is 17.9 Å². The van der Waals surface area contributed by atoms with E-state index in [4.69, 9.17) is 9.47 Å². The smallest absolute Gasteiger partial charge is 0.352 e. The van der Waals surface area contributed by atoms with Crippen molar-refractivity contribution in [2.45, 2.75) is 32.5 Å². The molecule has 4 rings (SSSR count). The van der Waals surface area contributed by atoms with Gasteiger partial charge in [-0.25, -0.2) is 14.2 Å². The largest absolute Gasteiger partial charge is 0.473 e. The van der Waals surface area contributed by atoms with E-state index in [2.05, 4.69) is 15.3 Å². The highest BCUT2D eigenvalue weighted by Gasteiger charge is 2.29. The first-order chi connectivity index (χ1) is 13.8. The van der Waals surface area contributed by atoms with Gasteiger partial charge in [0, 0.05) is 18.3 Å². The molecule has 3 heterocycles. The Morgan fingerprint density at radius 3 is 2.79 bits per heavy atom. The molecule has 0 bridgehead atoms. The lowest BCUT2D eigenvalue weighted by Crippen LogP contribution is -2.30. The molecule has 1 aliphatic rings. The summed E-state index contributed by atoms with van der Waals surface area (Å²) in [7, 11) is 0. The topological polar surface area (TPSA) is 78.3 Å². The van der Waals surface area contributed by atoms with Crippen LogP contribution < -0.4 is 20.5 Å². The number of hydrogen-bond donors (Lipinski definition) is 1. The predicted molar refractivity (Wildman–Crippen MR) is 101 cm³/mol. The van der Waals surface area contributed by atoms with Crippen LogP contribution in [0.4, 0.5) is 14.6 Å². The molecule has 1 aliphatic heterocycles. The van der Waals surface area contributed by atoms with Gasteiger partial charge in [0.1, 0.15) is 18.2 Å². The molecule has 0 radical (unpaired) electrons. The van der Waals surface area contributed by atoms with Crippen molar-refractivity contribution in [1.29, 1.82) is 0 Å². The highest BCUT2D eigenvalue weighted by molar-refractivity contribution is 5.45. The van der Waals surface area contributed by atoms with Crippen molar-refractivity contribution in [3.8, 4) is 17.4 Å². The molecule has 0 amide bonds. The van der Waals surface area contributed by atoms with Crippen LogP contribution in [-0.2, 0) is 13.2 Å². The first kappa shape index (κ1) is 18.9. The highest BCUT2D eigenvalue weighted by Crippen LogP contribution is 2.27. The Morgan fingerprint density at radius 2 is 2.03 bits per heavy atom. The van der Waals surface area contributed by atoms with Gasteiger partial charge in [0.25, 0.3) is 0 Å². The van der Waals surface area contributed by atoms with Gasteiger partial charge in [0.15, 0.2) is 11.6 Å². The molecule has 1 aromatic carbocycles. The SMILES string of the molecule is CC1(C)Cn2c(cc(OCc3ccc(Oc4ccnc(F)c4)c(F)c3)nc2=O)N1. The highest BCUT2D eigenvalue weighted by atomic mass is 19.1. The normalized spacial score (nSPS) is 14.2. The first-order valence-corrected chi connectivity index (χ1v) is 8.90. The molecule has 0 saturated carbocycles. The lowest BCUT2D eigenvalue weighted by molar-refractivity contribution is 0.290. The molecule has 150 valence electrons. The number of aromatic nitrogens is 3. The quantitative estimate of drug-likeness (QED) is 0.661. The number of fused-ring (bicyclic) bond motifs is 1. The number of nitrogens with one attached hydrogen (secondary N) is 1. The molecule has 0 fully saturated rings. The Kier molecular flexibility index (Phi) is 4.65. The van der Waals surface area contributed by atoms with Gasteiger partial charge in [0.05, 0.1) is 12.1 Å². The zero-order valence-corrected chi connectivity index (χ0v) is 15.8. The monoisotopic (exact) mass is 400 g/mol. The van der Waals surface area contributed by atoms with Gasteiger partial charge in [-0.3, -0.25) is 4.57 Å². The third kappa shape index (κ3) is 4.18. The second kappa shape index (κ2) is 7.16. The summed E-state index contributed by atoms with van der Waals surface area (Å²) in [5, 5.41) is 3.23. The minimum atomic E-state index is -0.719. The Hall–Kier alpha value is -3.49. The van der Waals surface area contributed by atoms with Crippen LogP contribution in [0.1, 0.15) is 19.4 Å². The Morgan fingerprint density at radius 1 is 1.21 bits per heavy atom. The van der Waals surface area contributed by atoms with E-state index in [-0.39, 0.29) is 29.5 Å². The molecule has 0 unspecified atom stereocenters. The molecule has 0 aliphatic carbocycles. The van der Waals surface area contributed by atoms with Crippen molar-refractivity contribution >= 4 is 5.82 Å². The number of ether oxygens (including phenoxy) is 2. The summed E-state index contributed by atoms with van der Waals surface area (Å²) < 4.78 is 39.9. The van der Waals surface area contributed by atoms with Gasteiger partial charge in [-0.2, -0.15) is 9.37 Å².